The highest BCUT2D eigenvalue weighted by molar-refractivity contribution is 5.79. The monoisotopic (exact) mass is 289 g/mol. The molecule has 0 spiro atoms. The van der Waals surface area contributed by atoms with Crippen LogP contribution in [0.5, 0.6) is 0 Å². The minimum absolute atomic E-state index is 0.331. The summed E-state index contributed by atoms with van der Waals surface area (Å²) in [7, 11) is 0. The maximum absolute atomic E-state index is 12.5. The summed E-state index contributed by atoms with van der Waals surface area (Å²) in [6, 6.07) is 1.99. The first kappa shape index (κ1) is 13.3. The number of piperazine rings is 1. The molecule has 0 radical (unpaired) electrons. The van der Waals surface area contributed by atoms with E-state index in [1.807, 2.05) is 13.0 Å². The Kier molecular flexibility index (Phi) is 3.25. The van der Waals surface area contributed by atoms with Gasteiger partial charge in [0.2, 0.25) is 5.91 Å². The molecule has 3 fully saturated rings. The standard InChI is InChI=1S/C16H23N3O2/c1-11-6-15(21-17-11)10-18-2-4-19(5-3-18)16(20)14-8-12-7-13(12)9-14/h6,12-14H,2-5,7-10H2,1H3. The van der Waals surface area contributed by atoms with Crippen molar-refractivity contribution >= 4 is 5.91 Å². The quantitative estimate of drug-likeness (QED) is 0.849. The largest absolute Gasteiger partial charge is 0.360 e. The van der Waals surface area contributed by atoms with Crippen LogP contribution in [0.1, 0.15) is 30.7 Å². The van der Waals surface area contributed by atoms with E-state index in [0.717, 1.165) is 68.9 Å². The number of carbonyl (C=O) groups excluding carboxylic acids is 1. The highest BCUT2D eigenvalue weighted by Gasteiger charge is 2.48. The Morgan fingerprint density at radius 2 is 1.95 bits per heavy atom. The molecule has 2 aliphatic carbocycles. The van der Waals surface area contributed by atoms with Crippen LogP contribution in [0.2, 0.25) is 0 Å². The number of hydrogen-bond donors (Lipinski definition) is 0. The number of hydrogen-bond acceptors (Lipinski definition) is 4. The fourth-order valence-electron chi connectivity index (χ4n) is 4.01. The van der Waals surface area contributed by atoms with E-state index in [4.69, 9.17) is 4.52 Å². The molecule has 1 aromatic heterocycles. The van der Waals surface area contributed by atoms with Gasteiger partial charge in [-0.05, 0) is 38.0 Å². The minimum Gasteiger partial charge on any atom is -0.360 e. The molecule has 0 aromatic carbocycles. The molecule has 3 aliphatic rings. The second-order valence-electron chi connectivity index (χ2n) is 6.96. The fraction of sp³-hybridized carbons (Fsp3) is 0.750. The zero-order valence-corrected chi connectivity index (χ0v) is 12.6. The molecule has 0 bridgehead atoms. The molecule has 21 heavy (non-hydrogen) atoms. The zero-order valence-electron chi connectivity index (χ0n) is 12.6. The van der Waals surface area contributed by atoms with Gasteiger partial charge < -0.3 is 9.42 Å². The van der Waals surface area contributed by atoms with E-state index in [9.17, 15) is 4.79 Å². The Morgan fingerprint density at radius 1 is 1.24 bits per heavy atom. The van der Waals surface area contributed by atoms with Gasteiger partial charge in [-0.1, -0.05) is 5.16 Å². The Morgan fingerprint density at radius 3 is 2.57 bits per heavy atom. The lowest BCUT2D eigenvalue weighted by molar-refractivity contribution is -0.137. The molecule has 1 aromatic rings. The van der Waals surface area contributed by atoms with Crippen molar-refractivity contribution in [2.45, 2.75) is 32.7 Å². The van der Waals surface area contributed by atoms with Gasteiger partial charge in [-0.15, -0.1) is 0 Å². The van der Waals surface area contributed by atoms with Gasteiger partial charge >= 0.3 is 0 Å². The van der Waals surface area contributed by atoms with E-state index >= 15 is 0 Å². The molecule has 2 saturated carbocycles. The van der Waals surface area contributed by atoms with Gasteiger partial charge in [0, 0.05) is 38.2 Å². The minimum atomic E-state index is 0.331. The fourth-order valence-corrected chi connectivity index (χ4v) is 4.01. The molecule has 2 unspecified atom stereocenters. The molecule has 1 amide bonds. The van der Waals surface area contributed by atoms with Crippen LogP contribution in [0.3, 0.4) is 0 Å². The van der Waals surface area contributed by atoms with E-state index in [2.05, 4.69) is 15.0 Å². The van der Waals surface area contributed by atoms with Crippen molar-refractivity contribution in [2.75, 3.05) is 26.2 Å². The van der Waals surface area contributed by atoms with Crippen LogP contribution in [0.25, 0.3) is 0 Å². The van der Waals surface area contributed by atoms with Crippen LogP contribution in [-0.4, -0.2) is 47.0 Å². The van der Waals surface area contributed by atoms with Crippen molar-refractivity contribution in [3.05, 3.63) is 17.5 Å². The van der Waals surface area contributed by atoms with Gasteiger partial charge in [-0.3, -0.25) is 9.69 Å². The van der Waals surface area contributed by atoms with Gasteiger partial charge in [-0.2, -0.15) is 0 Å². The number of nitrogens with zero attached hydrogens (tertiary/aromatic N) is 3. The summed E-state index contributed by atoms with van der Waals surface area (Å²) in [4.78, 5) is 16.9. The predicted molar refractivity (Wildman–Crippen MR) is 77.4 cm³/mol. The molecule has 2 atom stereocenters. The van der Waals surface area contributed by atoms with Gasteiger partial charge in [0.05, 0.1) is 12.2 Å². The summed E-state index contributed by atoms with van der Waals surface area (Å²) in [6.45, 7) is 6.33. The molecule has 5 nitrogen and oxygen atoms in total. The maximum Gasteiger partial charge on any atom is 0.225 e. The highest BCUT2D eigenvalue weighted by Crippen LogP contribution is 2.54. The number of aryl methyl sites for hydroxylation is 1. The molecule has 1 aliphatic heterocycles. The molecule has 5 heteroatoms. The Hall–Kier alpha value is -1.36. The third kappa shape index (κ3) is 2.71. The maximum atomic E-state index is 12.5. The summed E-state index contributed by atoms with van der Waals surface area (Å²) in [6.07, 6.45) is 3.69. The number of amides is 1. The van der Waals surface area contributed by atoms with Gasteiger partial charge in [0.1, 0.15) is 0 Å². The summed E-state index contributed by atoms with van der Waals surface area (Å²) in [5.41, 5.74) is 0.929. The highest BCUT2D eigenvalue weighted by atomic mass is 16.5. The molecule has 2 heterocycles. The van der Waals surface area contributed by atoms with Crippen LogP contribution in [-0.2, 0) is 11.3 Å². The van der Waals surface area contributed by atoms with Crippen LogP contribution >= 0.6 is 0 Å². The van der Waals surface area contributed by atoms with Crippen molar-refractivity contribution in [1.29, 1.82) is 0 Å². The van der Waals surface area contributed by atoms with E-state index in [1.54, 1.807) is 0 Å². The van der Waals surface area contributed by atoms with Gasteiger partial charge in [0.25, 0.3) is 0 Å². The molecule has 114 valence electrons. The lowest BCUT2D eigenvalue weighted by Gasteiger charge is -2.35. The van der Waals surface area contributed by atoms with Crippen molar-refractivity contribution in [3.8, 4) is 0 Å². The molecular weight excluding hydrogens is 266 g/mol. The Labute approximate surface area is 125 Å². The predicted octanol–water partition coefficient (Wildman–Crippen LogP) is 1.67. The number of rotatable bonds is 3. The first-order valence-corrected chi connectivity index (χ1v) is 8.12. The Balaban J connectivity index is 1.27. The summed E-state index contributed by atoms with van der Waals surface area (Å²) in [5.74, 6) is 3.43. The first-order chi connectivity index (χ1) is 10.2. The SMILES string of the molecule is Cc1cc(CN2CCN(C(=O)C3CC4CC4C3)CC2)on1. The van der Waals surface area contributed by atoms with Crippen LogP contribution in [0, 0.1) is 24.7 Å². The summed E-state index contributed by atoms with van der Waals surface area (Å²) < 4.78 is 5.27. The first-order valence-electron chi connectivity index (χ1n) is 8.12. The summed E-state index contributed by atoms with van der Waals surface area (Å²) >= 11 is 0. The normalized spacial score (nSPS) is 32.2. The Bertz CT molecular complexity index is 523. The third-order valence-electron chi connectivity index (χ3n) is 5.33. The second kappa shape index (κ2) is 5.13. The lowest BCUT2D eigenvalue weighted by Crippen LogP contribution is -2.49. The third-order valence-corrected chi connectivity index (χ3v) is 5.33. The van der Waals surface area contributed by atoms with E-state index in [0.29, 0.717) is 11.8 Å². The van der Waals surface area contributed by atoms with E-state index in [1.165, 1.54) is 6.42 Å². The zero-order chi connectivity index (χ0) is 14.4. The number of fused-ring (bicyclic) bond motifs is 1. The van der Waals surface area contributed by atoms with Gasteiger partial charge in [0.15, 0.2) is 5.76 Å². The average molecular weight is 289 g/mol. The van der Waals surface area contributed by atoms with Crippen LogP contribution in [0.4, 0.5) is 0 Å². The van der Waals surface area contributed by atoms with Crippen molar-refractivity contribution < 1.29 is 9.32 Å². The smallest absolute Gasteiger partial charge is 0.225 e. The number of aromatic nitrogens is 1. The van der Waals surface area contributed by atoms with E-state index < -0.39 is 0 Å². The van der Waals surface area contributed by atoms with Crippen molar-refractivity contribution in [1.82, 2.24) is 15.0 Å². The van der Waals surface area contributed by atoms with Gasteiger partial charge in [-0.25, -0.2) is 0 Å². The molecule has 4 rings (SSSR count). The molecular formula is C16H23N3O2. The van der Waals surface area contributed by atoms with Crippen LogP contribution < -0.4 is 0 Å². The second-order valence-corrected chi connectivity index (χ2v) is 6.96. The van der Waals surface area contributed by atoms with E-state index in [-0.39, 0.29) is 0 Å². The van der Waals surface area contributed by atoms with Crippen molar-refractivity contribution in [2.24, 2.45) is 17.8 Å². The molecule has 1 saturated heterocycles. The summed E-state index contributed by atoms with van der Waals surface area (Å²) in [5, 5.41) is 3.92. The lowest BCUT2D eigenvalue weighted by atomic mass is 10.0. The number of carbonyl (C=O) groups is 1. The van der Waals surface area contributed by atoms with Crippen molar-refractivity contribution in [3.63, 3.8) is 0 Å². The topological polar surface area (TPSA) is 49.6 Å². The average Bonchev–Trinajstić information content (AvgIpc) is 2.90. The van der Waals surface area contributed by atoms with Crippen LogP contribution in [0.15, 0.2) is 10.6 Å². The molecule has 0 N–H and O–H groups in total.